The van der Waals surface area contributed by atoms with Gasteiger partial charge in [-0.3, -0.25) is 15.5 Å². The summed E-state index contributed by atoms with van der Waals surface area (Å²) in [5, 5.41) is 30.5. The van der Waals surface area contributed by atoms with Gasteiger partial charge >= 0.3 is 0 Å². The molecule has 7 nitrogen and oxygen atoms in total. The van der Waals surface area contributed by atoms with Crippen LogP contribution < -0.4 is 5.43 Å². The molecule has 0 unspecified atom stereocenters. The van der Waals surface area contributed by atoms with Gasteiger partial charge < -0.3 is 0 Å². The van der Waals surface area contributed by atoms with Crippen molar-refractivity contribution in [3.8, 4) is 12.1 Å². The maximum Gasteiger partial charge on any atom is 0.274 e. The van der Waals surface area contributed by atoms with Gasteiger partial charge in [0, 0.05) is 6.07 Å². The second kappa shape index (κ2) is 5.19. The minimum Gasteiger partial charge on any atom is -0.276 e. The maximum atomic E-state index is 13.0. The van der Waals surface area contributed by atoms with Gasteiger partial charge in [0.2, 0.25) is 5.71 Å². The summed E-state index contributed by atoms with van der Waals surface area (Å²) in [6, 6.07) is 5.66. The number of benzene rings is 1. The van der Waals surface area contributed by atoms with Gasteiger partial charge in [-0.05, 0) is 6.07 Å². The number of anilines is 1. The summed E-state index contributed by atoms with van der Waals surface area (Å²) < 4.78 is 13.0. The number of rotatable bonds is 3. The van der Waals surface area contributed by atoms with E-state index in [0.717, 1.165) is 18.2 Å². The fraction of sp³-hybridized carbons (Fsp3) is 0. The van der Waals surface area contributed by atoms with Crippen LogP contribution in [0.15, 0.2) is 23.3 Å². The molecule has 84 valence electrons. The van der Waals surface area contributed by atoms with Gasteiger partial charge in [-0.25, -0.2) is 4.39 Å². The molecule has 0 bridgehead atoms. The zero-order valence-electron chi connectivity index (χ0n) is 8.22. The number of non-ortho nitro benzene ring substituents is 1. The highest BCUT2D eigenvalue weighted by atomic mass is 19.1. The van der Waals surface area contributed by atoms with E-state index in [-0.39, 0.29) is 5.69 Å². The summed E-state index contributed by atoms with van der Waals surface area (Å²) in [6.07, 6.45) is 0. The molecule has 0 atom stereocenters. The van der Waals surface area contributed by atoms with E-state index in [1.165, 1.54) is 12.1 Å². The Bertz CT molecular complexity index is 554. The van der Waals surface area contributed by atoms with Gasteiger partial charge in [-0.1, -0.05) is 0 Å². The zero-order chi connectivity index (χ0) is 12.8. The second-order valence-electron chi connectivity index (χ2n) is 2.75. The SMILES string of the molecule is N#CC(C#N)=NNc1cc(F)cc([N+](=O)[O-])c1. The lowest BCUT2D eigenvalue weighted by Crippen LogP contribution is -1.98. The van der Waals surface area contributed by atoms with Crippen molar-refractivity contribution in [2.75, 3.05) is 5.43 Å². The third kappa shape index (κ3) is 3.25. The topological polar surface area (TPSA) is 115 Å². The van der Waals surface area contributed by atoms with E-state index in [1.54, 1.807) is 0 Å². The molecule has 0 aliphatic heterocycles. The lowest BCUT2D eigenvalue weighted by Gasteiger charge is -2.00. The van der Waals surface area contributed by atoms with Crippen molar-refractivity contribution in [3.05, 3.63) is 34.1 Å². The van der Waals surface area contributed by atoms with Crippen molar-refractivity contribution < 1.29 is 9.31 Å². The quantitative estimate of drug-likeness (QED) is 0.483. The molecule has 0 amide bonds. The first-order chi connectivity index (χ1) is 8.06. The molecule has 1 N–H and O–H groups in total. The predicted molar refractivity (Wildman–Crippen MR) is 55.3 cm³/mol. The fourth-order valence-electron chi connectivity index (χ4n) is 0.940. The lowest BCUT2D eigenvalue weighted by atomic mass is 10.3. The number of nitriles is 2. The van der Waals surface area contributed by atoms with E-state index in [4.69, 9.17) is 10.5 Å². The molecule has 0 spiro atoms. The third-order valence-electron chi connectivity index (χ3n) is 1.60. The molecule has 0 aliphatic carbocycles. The summed E-state index contributed by atoms with van der Waals surface area (Å²) in [5.74, 6) is -0.827. The Hall–Kier alpha value is -3.00. The highest BCUT2D eigenvalue weighted by molar-refractivity contribution is 6.10. The van der Waals surface area contributed by atoms with Crippen LogP contribution in [0.1, 0.15) is 0 Å². The minimum atomic E-state index is -0.827. The number of nitrogens with one attached hydrogen (secondary N) is 1. The molecule has 0 fully saturated rings. The summed E-state index contributed by atoms with van der Waals surface area (Å²) in [5.41, 5.74) is 1.22. The Morgan fingerprint density at radius 1 is 1.41 bits per heavy atom. The van der Waals surface area contributed by atoms with Gasteiger partial charge in [-0.2, -0.15) is 15.6 Å². The third-order valence-corrected chi connectivity index (χ3v) is 1.60. The van der Waals surface area contributed by atoms with Crippen LogP contribution >= 0.6 is 0 Å². The average molecular weight is 233 g/mol. The van der Waals surface area contributed by atoms with Crippen LogP contribution in [0.2, 0.25) is 0 Å². The summed E-state index contributed by atoms with van der Waals surface area (Å²) in [6.45, 7) is 0. The Kier molecular flexibility index (Phi) is 3.68. The molecule has 0 aromatic heterocycles. The van der Waals surface area contributed by atoms with Gasteiger partial charge in [0.15, 0.2) is 0 Å². The molecule has 0 saturated heterocycles. The van der Waals surface area contributed by atoms with E-state index < -0.39 is 22.1 Å². The Morgan fingerprint density at radius 2 is 2.06 bits per heavy atom. The van der Waals surface area contributed by atoms with Crippen LogP contribution in [0, 0.1) is 38.6 Å². The van der Waals surface area contributed by atoms with Crippen LogP contribution in [0.25, 0.3) is 0 Å². The molecule has 0 heterocycles. The molecule has 1 rings (SSSR count). The standard InChI is InChI=1S/C9H4FN5O2/c10-6-1-7(3-9(2-6)15(16)17)13-14-8(4-11)5-12/h1-3,13H. The summed E-state index contributed by atoms with van der Waals surface area (Å²) in [7, 11) is 0. The van der Waals surface area contributed by atoms with Crippen LogP contribution in [0.3, 0.4) is 0 Å². The number of hydrogen-bond donors (Lipinski definition) is 1. The smallest absolute Gasteiger partial charge is 0.274 e. The Morgan fingerprint density at radius 3 is 2.59 bits per heavy atom. The van der Waals surface area contributed by atoms with E-state index >= 15 is 0 Å². The molecular weight excluding hydrogens is 229 g/mol. The lowest BCUT2D eigenvalue weighted by molar-refractivity contribution is -0.385. The van der Waals surface area contributed by atoms with E-state index in [9.17, 15) is 14.5 Å². The minimum absolute atomic E-state index is 0.0281. The van der Waals surface area contributed by atoms with Crippen molar-refractivity contribution in [2.45, 2.75) is 0 Å². The molecule has 0 radical (unpaired) electrons. The first-order valence-corrected chi connectivity index (χ1v) is 4.15. The van der Waals surface area contributed by atoms with Crippen LogP contribution in [-0.4, -0.2) is 10.6 Å². The number of halogens is 1. The highest BCUT2D eigenvalue weighted by Crippen LogP contribution is 2.19. The van der Waals surface area contributed by atoms with Gasteiger partial charge in [0.05, 0.1) is 16.7 Å². The Labute approximate surface area is 94.5 Å². The number of nitrogens with zero attached hydrogens (tertiary/aromatic N) is 4. The van der Waals surface area contributed by atoms with Crippen molar-refractivity contribution in [2.24, 2.45) is 5.10 Å². The summed E-state index contributed by atoms with van der Waals surface area (Å²) in [4.78, 5) is 9.66. The van der Waals surface area contributed by atoms with Gasteiger partial charge in [0.25, 0.3) is 5.69 Å². The first-order valence-electron chi connectivity index (χ1n) is 4.15. The molecule has 0 aliphatic rings. The molecular formula is C9H4FN5O2. The summed E-state index contributed by atoms with van der Waals surface area (Å²) >= 11 is 0. The molecule has 0 saturated carbocycles. The van der Waals surface area contributed by atoms with Crippen molar-refractivity contribution in [3.63, 3.8) is 0 Å². The van der Waals surface area contributed by atoms with Gasteiger partial charge in [0.1, 0.15) is 18.0 Å². The Balaban J connectivity index is 3.02. The zero-order valence-corrected chi connectivity index (χ0v) is 8.22. The van der Waals surface area contributed by atoms with Crippen molar-refractivity contribution in [1.29, 1.82) is 10.5 Å². The number of nitro benzene ring substituents is 1. The fourth-order valence-corrected chi connectivity index (χ4v) is 0.940. The molecule has 8 heteroatoms. The maximum absolute atomic E-state index is 13.0. The normalized spacial score (nSPS) is 8.65. The average Bonchev–Trinajstić information content (AvgIpc) is 2.29. The highest BCUT2D eigenvalue weighted by Gasteiger charge is 2.09. The molecule has 1 aromatic rings. The van der Waals surface area contributed by atoms with Crippen LogP contribution in [0.4, 0.5) is 15.8 Å². The van der Waals surface area contributed by atoms with Crippen LogP contribution in [-0.2, 0) is 0 Å². The number of nitro groups is 1. The van der Waals surface area contributed by atoms with E-state index in [1.807, 2.05) is 0 Å². The monoisotopic (exact) mass is 233 g/mol. The second-order valence-corrected chi connectivity index (χ2v) is 2.75. The van der Waals surface area contributed by atoms with Crippen LogP contribution in [0.5, 0.6) is 0 Å². The van der Waals surface area contributed by atoms with Crippen molar-refractivity contribution >= 4 is 17.1 Å². The number of hydrazone groups is 1. The first kappa shape index (κ1) is 12.1. The molecule has 1 aromatic carbocycles. The predicted octanol–water partition coefficient (Wildman–Crippen LogP) is 1.55. The van der Waals surface area contributed by atoms with E-state index in [0.29, 0.717) is 0 Å². The molecule has 17 heavy (non-hydrogen) atoms. The van der Waals surface area contributed by atoms with Crippen molar-refractivity contribution in [1.82, 2.24) is 0 Å². The largest absolute Gasteiger partial charge is 0.276 e. The number of hydrogen-bond acceptors (Lipinski definition) is 6. The van der Waals surface area contributed by atoms with Gasteiger partial charge in [-0.15, -0.1) is 0 Å². The van der Waals surface area contributed by atoms with E-state index in [2.05, 4.69) is 10.5 Å².